The molecule has 4 nitrogen and oxygen atoms in total. The molecule has 0 amide bonds. The third kappa shape index (κ3) is 2.69. The van der Waals surface area contributed by atoms with E-state index in [1.165, 1.54) is 5.56 Å². The summed E-state index contributed by atoms with van der Waals surface area (Å²) in [6.45, 7) is 2.15. The van der Waals surface area contributed by atoms with Crippen LogP contribution in [-0.4, -0.2) is 15.0 Å². The fraction of sp³-hybridized carbons (Fsp3) is 0.143. The van der Waals surface area contributed by atoms with Crippen LogP contribution in [0.4, 0.5) is 11.5 Å². The Kier molecular flexibility index (Phi) is 4.02. The highest BCUT2D eigenvalue weighted by atomic mass is 35.5. The Balaban J connectivity index is 0.00000133. The fourth-order valence-corrected chi connectivity index (χ4v) is 1.98. The van der Waals surface area contributed by atoms with Gasteiger partial charge in [0.05, 0.1) is 5.39 Å². The lowest BCUT2D eigenvalue weighted by atomic mass is 10.1. The first kappa shape index (κ1) is 13.4. The summed E-state index contributed by atoms with van der Waals surface area (Å²) in [7, 11) is 0. The topological polar surface area (TPSA) is 53.6 Å². The van der Waals surface area contributed by atoms with E-state index in [1.54, 1.807) is 6.33 Å². The molecule has 3 rings (SSSR count). The molecule has 0 saturated carbocycles. The van der Waals surface area contributed by atoms with Gasteiger partial charge in [0.2, 0.25) is 0 Å². The maximum atomic E-state index is 4.29. The van der Waals surface area contributed by atoms with E-state index < -0.39 is 0 Å². The van der Waals surface area contributed by atoms with Gasteiger partial charge in [0.1, 0.15) is 17.8 Å². The number of rotatable bonds is 3. The van der Waals surface area contributed by atoms with Gasteiger partial charge in [-0.3, -0.25) is 0 Å². The molecule has 0 fully saturated rings. The van der Waals surface area contributed by atoms with E-state index >= 15 is 0 Å². The molecule has 5 heteroatoms. The number of fused-ring (bicyclic) bond motifs is 1. The summed E-state index contributed by atoms with van der Waals surface area (Å²) in [5.74, 6) is 0.828. The van der Waals surface area contributed by atoms with E-state index in [-0.39, 0.29) is 12.4 Å². The summed E-state index contributed by atoms with van der Waals surface area (Å²) in [6, 6.07) is 10.3. The molecule has 98 valence electrons. The second kappa shape index (κ2) is 5.71. The molecule has 3 aromatic rings. The molecule has 2 heterocycles. The Morgan fingerprint density at radius 1 is 1.21 bits per heavy atom. The minimum Gasteiger partial charge on any atom is -0.346 e. The van der Waals surface area contributed by atoms with Gasteiger partial charge in [0, 0.05) is 11.9 Å². The van der Waals surface area contributed by atoms with Crippen LogP contribution in [0.2, 0.25) is 0 Å². The van der Waals surface area contributed by atoms with Gasteiger partial charge in [-0.1, -0.05) is 19.1 Å². The Bertz CT molecular complexity index is 678. The van der Waals surface area contributed by atoms with Crippen LogP contribution in [0.5, 0.6) is 0 Å². The molecule has 1 aromatic carbocycles. The average Bonchev–Trinajstić information content (AvgIpc) is 2.88. The summed E-state index contributed by atoms with van der Waals surface area (Å²) in [5, 5.41) is 4.34. The summed E-state index contributed by atoms with van der Waals surface area (Å²) < 4.78 is 0. The lowest BCUT2D eigenvalue weighted by Gasteiger charge is -2.07. The zero-order chi connectivity index (χ0) is 12.4. The SMILES string of the molecule is CCc1cccc(Nc2ncnc3[nH]ccc23)c1.Cl. The van der Waals surface area contributed by atoms with Gasteiger partial charge in [0.15, 0.2) is 0 Å². The highest BCUT2D eigenvalue weighted by Crippen LogP contribution is 2.22. The van der Waals surface area contributed by atoms with Crippen LogP contribution in [-0.2, 0) is 6.42 Å². The summed E-state index contributed by atoms with van der Waals surface area (Å²) in [6.07, 6.45) is 4.46. The van der Waals surface area contributed by atoms with Crippen molar-refractivity contribution in [3.63, 3.8) is 0 Å². The number of nitrogens with one attached hydrogen (secondary N) is 2. The molecule has 0 atom stereocenters. The minimum absolute atomic E-state index is 0. The first-order valence-corrected chi connectivity index (χ1v) is 6.01. The summed E-state index contributed by atoms with van der Waals surface area (Å²) >= 11 is 0. The third-order valence-electron chi connectivity index (χ3n) is 2.95. The van der Waals surface area contributed by atoms with Crippen molar-refractivity contribution in [2.45, 2.75) is 13.3 Å². The molecule has 0 spiro atoms. The van der Waals surface area contributed by atoms with Crippen molar-refractivity contribution in [3.05, 3.63) is 48.4 Å². The van der Waals surface area contributed by atoms with Gasteiger partial charge in [-0.25, -0.2) is 9.97 Å². The monoisotopic (exact) mass is 274 g/mol. The van der Waals surface area contributed by atoms with Crippen LogP contribution in [0.1, 0.15) is 12.5 Å². The molecule has 19 heavy (non-hydrogen) atoms. The zero-order valence-electron chi connectivity index (χ0n) is 10.6. The summed E-state index contributed by atoms with van der Waals surface area (Å²) in [4.78, 5) is 11.5. The normalized spacial score (nSPS) is 10.2. The Morgan fingerprint density at radius 3 is 2.95 bits per heavy atom. The summed E-state index contributed by atoms with van der Waals surface area (Å²) in [5.41, 5.74) is 3.20. The first-order valence-electron chi connectivity index (χ1n) is 6.01. The standard InChI is InChI=1S/C14H14N4.ClH/c1-2-10-4-3-5-11(8-10)18-14-12-6-7-15-13(12)16-9-17-14;/h3-9H,2H2,1H3,(H2,15,16,17,18);1H. The van der Waals surface area contributed by atoms with Gasteiger partial charge in [-0.15, -0.1) is 12.4 Å². The fourth-order valence-electron chi connectivity index (χ4n) is 1.98. The number of halogens is 1. The van der Waals surface area contributed by atoms with E-state index in [4.69, 9.17) is 0 Å². The van der Waals surface area contributed by atoms with E-state index in [1.807, 2.05) is 18.3 Å². The number of benzene rings is 1. The van der Waals surface area contributed by atoms with Crippen LogP contribution in [0.3, 0.4) is 0 Å². The zero-order valence-corrected chi connectivity index (χ0v) is 11.4. The van der Waals surface area contributed by atoms with Gasteiger partial charge in [0.25, 0.3) is 0 Å². The van der Waals surface area contributed by atoms with E-state index in [0.717, 1.165) is 29.0 Å². The molecule has 2 N–H and O–H groups in total. The lowest BCUT2D eigenvalue weighted by Crippen LogP contribution is -1.95. The van der Waals surface area contributed by atoms with Crippen molar-refractivity contribution in [1.82, 2.24) is 15.0 Å². The lowest BCUT2D eigenvalue weighted by molar-refractivity contribution is 1.14. The smallest absolute Gasteiger partial charge is 0.143 e. The molecular weight excluding hydrogens is 260 g/mol. The number of aryl methyl sites for hydroxylation is 1. The van der Waals surface area contributed by atoms with Crippen LogP contribution in [0.25, 0.3) is 11.0 Å². The Labute approximate surface area is 117 Å². The molecule has 0 aliphatic heterocycles. The number of aromatic amines is 1. The quantitative estimate of drug-likeness (QED) is 0.766. The maximum absolute atomic E-state index is 4.29. The van der Waals surface area contributed by atoms with Crippen molar-refractivity contribution in [1.29, 1.82) is 0 Å². The van der Waals surface area contributed by atoms with Crippen molar-refractivity contribution in [2.75, 3.05) is 5.32 Å². The first-order chi connectivity index (χ1) is 8.86. The second-order valence-corrected chi connectivity index (χ2v) is 4.14. The van der Waals surface area contributed by atoms with Crippen LogP contribution in [0.15, 0.2) is 42.9 Å². The van der Waals surface area contributed by atoms with Crippen molar-refractivity contribution < 1.29 is 0 Å². The number of anilines is 2. The van der Waals surface area contributed by atoms with Gasteiger partial charge < -0.3 is 10.3 Å². The van der Waals surface area contributed by atoms with Crippen molar-refractivity contribution >= 4 is 34.9 Å². The largest absolute Gasteiger partial charge is 0.346 e. The molecule has 0 radical (unpaired) electrons. The second-order valence-electron chi connectivity index (χ2n) is 4.14. The maximum Gasteiger partial charge on any atom is 0.143 e. The number of nitrogens with zero attached hydrogens (tertiary/aromatic N) is 2. The molecule has 0 aliphatic rings. The predicted octanol–water partition coefficient (Wildman–Crippen LogP) is 3.69. The number of hydrogen-bond donors (Lipinski definition) is 2. The van der Waals surface area contributed by atoms with Crippen LogP contribution in [0, 0.1) is 0 Å². The van der Waals surface area contributed by atoms with Gasteiger partial charge >= 0.3 is 0 Å². The Morgan fingerprint density at radius 2 is 2.11 bits per heavy atom. The van der Waals surface area contributed by atoms with Gasteiger partial charge in [-0.2, -0.15) is 0 Å². The molecule has 2 aromatic heterocycles. The molecule has 0 bridgehead atoms. The molecule has 0 unspecified atom stereocenters. The van der Waals surface area contributed by atoms with Gasteiger partial charge in [-0.05, 0) is 30.2 Å². The van der Waals surface area contributed by atoms with Crippen LogP contribution < -0.4 is 5.32 Å². The molecular formula is C14H15ClN4. The van der Waals surface area contributed by atoms with E-state index in [0.29, 0.717) is 0 Å². The molecule has 0 saturated heterocycles. The number of aromatic nitrogens is 3. The number of hydrogen-bond acceptors (Lipinski definition) is 3. The van der Waals surface area contributed by atoms with E-state index in [9.17, 15) is 0 Å². The highest BCUT2D eigenvalue weighted by Gasteiger charge is 2.04. The minimum atomic E-state index is 0. The van der Waals surface area contributed by atoms with Crippen LogP contribution >= 0.6 is 12.4 Å². The van der Waals surface area contributed by atoms with Crippen molar-refractivity contribution in [2.24, 2.45) is 0 Å². The van der Waals surface area contributed by atoms with Crippen molar-refractivity contribution in [3.8, 4) is 0 Å². The Hall–Kier alpha value is -2.07. The molecule has 0 aliphatic carbocycles. The highest BCUT2D eigenvalue weighted by molar-refractivity contribution is 5.88. The third-order valence-corrected chi connectivity index (χ3v) is 2.95. The number of H-pyrrole nitrogens is 1. The average molecular weight is 275 g/mol. The predicted molar refractivity (Wildman–Crippen MR) is 80.2 cm³/mol. The van der Waals surface area contributed by atoms with E-state index in [2.05, 4.69) is 45.4 Å².